The molecule has 2 aliphatic rings. The van der Waals surface area contributed by atoms with Crippen LogP contribution < -0.4 is 5.32 Å². The van der Waals surface area contributed by atoms with Crippen LogP contribution in [0, 0.1) is 0 Å². The number of piperidine rings is 1. The Morgan fingerprint density at radius 3 is 2.56 bits per heavy atom. The van der Waals surface area contributed by atoms with Gasteiger partial charge in [-0.05, 0) is 32.7 Å². The van der Waals surface area contributed by atoms with Gasteiger partial charge in [0.05, 0.1) is 6.04 Å². The van der Waals surface area contributed by atoms with Crippen LogP contribution in [0.25, 0.3) is 0 Å². The molecule has 4 heteroatoms. The van der Waals surface area contributed by atoms with E-state index in [0.29, 0.717) is 11.9 Å². The largest absolute Gasteiger partial charge is 0.339 e. The Morgan fingerprint density at radius 1 is 1.28 bits per heavy atom. The van der Waals surface area contributed by atoms with Gasteiger partial charge in [0, 0.05) is 32.2 Å². The van der Waals surface area contributed by atoms with Crippen molar-refractivity contribution in [3.8, 4) is 0 Å². The number of hydrogen-bond donors (Lipinski definition) is 1. The van der Waals surface area contributed by atoms with E-state index in [1.54, 1.807) is 0 Å². The van der Waals surface area contributed by atoms with Gasteiger partial charge in [-0.3, -0.25) is 9.69 Å². The van der Waals surface area contributed by atoms with E-state index in [4.69, 9.17) is 0 Å². The minimum Gasteiger partial charge on any atom is -0.339 e. The normalized spacial score (nSPS) is 28.1. The molecule has 1 unspecified atom stereocenters. The molecule has 0 aromatic heterocycles. The molecule has 0 spiro atoms. The number of nitrogens with one attached hydrogen (secondary N) is 1. The predicted octanol–water partition coefficient (Wildman–Crippen LogP) is 1.07. The maximum Gasteiger partial charge on any atom is 0.239 e. The molecule has 0 saturated carbocycles. The molecule has 4 nitrogen and oxygen atoms in total. The molecule has 104 valence electrons. The molecule has 2 rings (SSSR count). The molecule has 1 N–H and O–H groups in total. The Morgan fingerprint density at radius 2 is 2.00 bits per heavy atom. The lowest BCUT2D eigenvalue weighted by Crippen LogP contribution is -2.56. The van der Waals surface area contributed by atoms with Crippen molar-refractivity contribution >= 4 is 5.91 Å². The van der Waals surface area contributed by atoms with Crippen LogP contribution in [0.3, 0.4) is 0 Å². The van der Waals surface area contributed by atoms with E-state index in [1.165, 1.54) is 19.3 Å². The highest BCUT2D eigenvalue weighted by Gasteiger charge is 2.28. The molecule has 0 aliphatic carbocycles. The first-order valence-corrected chi connectivity index (χ1v) is 7.48. The second-order valence-corrected chi connectivity index (χ2v) is 5.62. The first-order chi connectivity index (χ1) is 8.72. The molecule has 0 radical (unpaired) electrons. The topological polar surface area (TPSA) is 35.6 Å². The number of carbonyl (C=O) groups is 1. The van der Waals surface area contributed by atoms with Gasteiger partial charge in [0.1, 0.15) is 0 Å². The van der Waals surface area contributed by atoms with Crippen molar-refractivity contribution in [2.45, 2.75) is 51.6 Å². The molecule has 0 aromatic carbocycles. The summed E-state index contributed by atoms with van der Waals surface area (Å²) in [5.41, 5.74) is 0. The zero-order chi connectivity index (χ0) is 13.0. The summed E-state index contributed by atoms with van der Waals surface area (Å²) < 4.78 is 0. The fourth-order valence-corrected chi connectivity index (χ4v) is 2.92. The first kappa shape index (κ1) is 13.8. The summed E-state index contributed by atoms with van der Waals surface area (Å²) in [7, 11) is 0. The van der Waals surface area contributed by atoms with Crippen molar-refractivity contribution < 1.29 is 4.79 Å². The van der Waals surface area contributed by atoms with Crippen LogP contribution in [-0.2, 0) is 4.79 Å². The Hall–Kier alpha value is -0.610. The highest BCUT2D eigenvalue weighted by molar-refractivity contribution is 5.82. The molecular weight excluding hydrogens is 226 g/mol. The first-order valence-electron chi connectivity index (χ1n) is 7.48. The molecule has 1 amide bonds. The average Bonchev–Trinajstić information content (AvgIpc) is 2.47. The molecule has 2 saturated heterocycles. The van der Waals surface area contributed by atoms with E-state index in [0.717, 1.165) is 39.1 Å². The Kier molecular flexibility index (Phi) is 5.01. The van der Waals surface area contributed by atoms with Gasteiger partial charge in [0.25, 0.3) is 0 Å². The van der Waals surface area contributed by atoms with Crippen molar-refractivity contribution in [3.63, 3.8) is 0 Å². The highest BCUT2D eigenvalue weighted by atomic mass is 16.2. The van der Waals surface area contributed by atoms with Crippen LogP contribution in [0.5, 0.6) is 0 Å². The summed E-state index contributed by atoms with van der Waals surface area (Å²) in [6, 6.07) is 0.740. The van der Waals surface area contributed by atoms with Gasteiger partial charge in [-0.1, -0.05) is 13.3 Å². The van der Waals surface area contributed by atoms with E-state index in [1.807, 2.05) is 0 Å². The fraction of sp³-hybridized carbons (Fsp3) is 0.929. The SMILES string of the molecule is CCC(C)N1CCN(C(=O)[C@H]2CCCCN2)CC1. The van der Waals surface area contributed by atoms with Crippen LogP contribution >= 0.6 is 0 Å². The third kappa shape index (κ3) is 3.23. The quantitative estimate of drug-likeness (QED) is 0.817. The van der Waals surface area contributed by atoms with E-state index >= 15 is 0 Å². The highest BCUT2D eigenvalue weighted by Crippen LogP contribution is 2.13. The monoisotopic (exact) mass is 253 g/mol. The maximum absolute atomic E-state index is 12.3. The van der Waals surface area contributed by atoms with Crippen LogP contribution in [0.2, 0.25) is 0 Å². The van der Waals surface area contributed by atoms with Crippen LogP contribution in [0.15, 0.2) is 0 Å². The molecule has 0 aromatic rings. The molecule has 2 heterocycles. The summed E-state index contributed by atoms with van der Waals surface area (Å²) in [5.74, 6) is 0.332. The summed E-state index contributed by atoms with van der Waals surface area (Å²) >= 11 is 0. The zero-order valence-corrected chi connectivity index (χ0v) is 11.8. The van der Waals surface area contributed by atoms with Gasteiger partial charge < -0.3 is 10.2 Å². The van der Waals surface area contributed by atoms with Crippen molar-refractivity contribution in [1.82, 2.24) is 15.1 Å². The molecule has 0 bridgehead atoms. The molecule has 2 atom stereocenters. The summed E-state index contributed by atoms with van der Waals surface area (Å²) in [6.45, 7) is 9.39. The fourth-order valence-electron chi connectivity index (χ4n) is 2.92. The average molecular weight is 253 g/mol. The lowest BCUT2D eigenvalue weighted by molar-refractivity contribution is -0.136. The molecule has 2 aliphatic heterocycles. The van der Waals surface area contributed by atoms with Gasteiger partial charge in [0.15, 0.2) is 0 Å². The number of piperazine rings is 1. The van der Waals surface area contributed by atoms with Gasteiger partial charge in [-0.15, -0.1) is 0 Å². The number of hydrogen-bond acceptors (Lipinski definition) is 3. The zero-order valence-electron chi connectivity index (χ0n) is 11.8. The van der Waals surface area contributed by atoms with Gasteiger partial charge >= 0.3 is 0 Å². The Labute approximate surface area is 111 Å². The summed E-state index contributed by atoms with van der Waals surface area (Å²) in [6.07, 6.45) is 4.62. The van der Waals surface area contributed by atoms with Crippen LogP contribution in [0.1, 0.15) is 39.5 Å². The lowest BCUT2D eigenvalue weighted by Gasteiger charge is -2.39. The second-order valence-electron chi connectivity index (χ2n) is 5.62. The number of rotatable bonds is 3. The molecule has 2 fully saturated rings. The number of amides is 1. The predicted molar refractivity (Wildman–Crippen MR) is 73.5 cm³/mol. The van der Waals surface area contributed by atoms with E-state index in [9.17, 15) is 4.79 Å². The Bertz CT molecular complexity index is 268. The van der Waals surface area contributed by atoms with Crippen molar-refractivity contribution in [2.75, 3.05) is 32.7 Å². The minimum absolute atomic E-state index is 0.0916. The minimum atomic E-state index is 0.0916. The van der Waals surface area contributed by atoms with Crippen LogP contribution in [0.4, 0.5) is 0 Å². The maximum atomic E-state index is 12.3. The number of nitrogens with zero attached hydrogens (tertiary/aromatic N) is 2. The second kappa shape index (κ2) is 6.53. The van der Waals surface area contributed by atoms with Crippen molar-refractivity contribution in [1.29, 1.82) is 0 Å². The van der Waals surface area contributed by atoms with E-state index in [-0.39, 0.29) is 6.04 Å². The van der Waals surface area contributed by atoms with Crippen molar-refractivity contribution in [2.24, 2.45) is 0 Å². The van der Waals surface area contributed by atoms with Crippen LogP contribution in [-0.4, -0.2) is 60.5 Å². The van der Waals surface area contributed by atoms with Gasteiger partial charge in [0.2, 0.25) is 5.91 Å². The lowest BCUT2D eigenvalue weighted by atomic mass is 10.0. The standard InChI is InChI=1S/C14H27N3O/c1-3-12(2)16-8-10-17(11-9-16)14(18)13-6-4-5-7-15-13/h12-13,15H,3-11H2,1-2H3/t12?,13-/m1/s1. The third-order valence-corrected chi connectivity index (χ3v) is 4.45. The summed E-state index contributed by atoms with van der Waals surface area (Å²) in [5, 5.41) is 3.36. The smallest absolute Gasteiger partial charge is 0.239 e. The van der Waals surface area contributed by atoms with Gasteiger partial charge in [-0.2, -0.15) is 0 Å². The van der Waals surface area contributed by atoms with E-state index < -0.39 is 0 Å². The van der Waals surface area contributed by atoms with E-state index in [2.05, 4.69) is 29.0 Å². The summed E-state index contributed by atoms with van der Waals surface area (Å²) in [4.78, 5) is 16.9. The third-order valence-electron chi connectivity index (χ3n) is 4.45. The molecular formula is C14H27N3O. The molecule has 18 heavy (non-hydrogen) atoms. The Balaban J connectivity index is 1.79. The van der Waals surface area contributed by atoms with Crippen molar-refractivity contribution in [3.05, 3.63) is 0 Å². The number of carbonyl (C=O) groups excluding carboxylic acids is 1. The van der Waals surface area contributed by atoms with Gasteiger partial charge in [-0.25, -0.2) is 0 Å².